The van der Waals surface area contributed by atoms with Crippen LogP contribution in [-0.4, -0.2) is 56.4 Å². The maximum atomic E-state index is 12.6. The number of amides is 1. The predicted molar refractivity (Wildman–Crippen MR) is 91.5 cm³/mol. The molecule has 0 atom stereocenters. The summed E-state index contributed by atoms with van der Waals surface area (Å²) in [5, 5.41) is 19.9. The fourth-order valence-electron chi connectivity index (χ4n) is 2.10. The number of anilines is 1. The van der Waals surface area contributed by atoms with Crippen molar-refractivity contribution >= 4 is 22.4 Å². The molecule has 0 radical (unpaired) electrons. The quantitative estimate of drug-likeness (QED) is 0.729. The second kappa shape index (κ2) is 7.28. The molecule has 0 bridgehead atoms. The molecule has 0 fully saturated rings. The van der Waals surface area contributed by atoms with Crippen molar-refractivity contribution in [3.8, 4) is 5.69 Å². The molecule has 24 heavy (non-hydrogen) atoms. The molecule has 0 aliphatic rings. The lowest BCUT2D eigenvalue weighted by Crippen LogP contribution is -2.14. The summed E-state index contributed by atoms with van der Waals surface area (Å²) in [6, 6.07) is 7.25. The van der Waals surface area contributed by atoms with E-state index in [1.165, 1.54) is 11.3 Å². The van der Waals surface area contributed by atoms with Crippen LogP contribution in [0.2, 0.25) is 0 Å². The number of para-hydroxylation sites is 1. The Kier molecular flexibility index (Phi) is 4.92. The van der Waals surface area contributed by atoms with E-state index in [2.05, 4.69) is 30.6 Å². The first-order chi connectivity index (χ1) is 11.6. The predicted octanol–water partition coefficient (Wildman–Crippen LogP) is 1.48. The molecular formula is C15H17N7OS. The third-order valence-corrected chi connectivity index (χ3v) is 4.20. The molecule has 0 saturated heterocycles. The first-order valence-corrected chi connectivity index (χ1v) is 8.17. The largest absolute Gasteiger partial charge is 0.309 e. The Morgan fingerprint density at radius 2 is 1.96 bits per heavy atom. The van der Waals surface area contributed by atoms with Crippen molar-refractivity contribution in [2.24, 2.45) is 0 Å². The van der Waals surface area contributed by atoms with Gasteiger partial charge in [0.15, 0.2) is 0 Å². The zero-order chi connectivity index (χ0) is 16.9. The number of carbonyl (C=O) groups excluding carboxylic acids is 1. The summed E-state index contributed by atoms with van der Waals surface area (Å²) in [4.78, 5) is 14.6. The van der Waals surface area contributed by atoms with E-state index in [0.717, 1.165) is 18.0 Å². The Morgan fingerprint density at radius 1 is 1.21 bits per heavy atom. The van der Waals surface area contributed by atoms with Crippen molar-refractivity contribution in [2.75, 3.05) is 26.0 Å². The van der Waals surface area contributed by atoms with Crippen LogP contribution in [-0.2, 0) is 6.42 Å². The Labute approximate surface area is 143 Å². The van der Waals surface area contributed by atoms with E-state index >= 15 is 0 Å². The summed E-state index contributed by atoms with van der Waals surface area (Å²) >= 11 is 1.39. The first kappa shape index (κ1) is 16.2. The van der Waals surface area contributed by atoms with Crippen LogP contribution in [0.1, 0.15) is 15.4 Å². The van der Waals surface area contributed by atoms with Gasteiger partial charge in [-0.25, -0.2) is 0 Å². The van der Waals surface area contributed by atoms with Gasteiger partial charge in [-0.2, -0.15) is 0 Å². The SMILES string of the molecule is CN(C)CCc1nnc(NC(=O)c2ccccc2-n2cnnc2)s1. The van der Waals surface area contributed by atoms with Crippen LogP contribution in [0.15, 0.2) is 36.9 Å². The van der Waals surface area contributed by atoms with Crippen LogP contribution in [0.5, 0.6) is 0 Å². The second-order valence-corrected chi connectivity index (χ2v) is 6.46. The standard InChI is InChI=1S/C15H17N7OS/c1-21(2)8-7-13-19-20-15(24-13)18-14(23)11-5-3-4-6-12(11)22-9-16-17-10-22/h3-6,9-10H,7-8H2,1-2H3,(H,18,20,23). The summed E-state index contributed by atoms with van der Waals surface area (Å²) < 4.78 is 1.69. The molecule has 0 aliphatic heterocycles. The van der Waals surface area contributed by atoms with E-state index in [9.17, 15) is 4.79 Å². The Bertz CT molecular complexity index is 813. The molecular weight excluding hydrogens is 326 g/mol. The van der Waals surface area contributed by atoms with E-state index < -0.39 is 0 Å². The minimum absolute atomic E-state index is 0.241. The minimum Gasteiger partial charge on any atom is -0.309 e. The summed E-state index contributed by atoms with van der Waals surface area (Å²) in [5.74, 6) is -0.241. The number of likely N-dealkylation sites (N-methyl/N-ethyl adjacent to an activating group) is 1. The summed E-state index contributed by atoms with van der Waals surface area (Å²) in [6.45, 7) is 0.888. The molecule has 2 aromatic heterocycles. The average molecular weight is 343 g/mol. The van der Waals surface area contributed by atoms with Crippen LogP contribution < -0.4 is 5.32 Å². The number of nitrogens with zero attached hydrogens (tertiary/aromatic N) is 6. The van der Waals surface area contributed by atoms with Gasteiger partial charge in [-0.05, 0) is 26.2 Å². The molecule has 124 valence electrons. The highest BCUT2D eigenvalue weighted by Crippen LogP contribution is 2.19. The third-order valence-electron chi connectivity index (χ3n) is 3.31. The van der Waals surface area contributed by atoms with E-state index in [1.54, 1.807) is 23.3 Å². The minimum atomic E-state index is -0.241. The van der Waals surface area contributed by atoms with Gasteiger partial charge in [0.25, 0.3) is 5.91 Å². The number of hydrogen-bond acceptors (Lipinski definition) is 7. The number of nitrogens with one attached hydrogen (secondary N) is 1. The lowest BCUT2D eigenvalue weighted by molar-refractivity contribution is 0.102. The second-order valence-electron chi connectivity index (χ2n) is 5.39. The van der Waals surface area contributed by atoms with Gasteiger partial charge in [0.1, 0.15) is 17.7 Å². The molecule has 9 heteroatoms. The topological polar surface area (TPSA) is 88.8 Å². The molecule has 1 amide bonds. The summed E-state index contributed by atoms with van der Waals surface area (Å²) in [6.07, 6.45) is 3.91. The van der Waals surface area contributed by atoms with Crippen molar-refractivity contribution < 1.29 is 4.79 Å². The zero-order valence-corrected chi connectivity index (χ0v) is 14.2. The number of hydrogen-bond donors (Lipinski definition) is 1. The van der Waals surface area contributed by atoms with Crippen LogP contribution in [0.3, 0.4) is 0 Å². The molecule has 8 nitrogen and oxygen atoms in total. The molecule has 3 aromatic rings. The number of benzene rings is 1. The molecule has 0 unspecified atom stereocenters. The van der Waals surface area contributed by atoms with Gasteiger partial charge in [-0.3, -0.25) is 14.7 Å². The maximum absolute atomic E-state index is 12.6. The number of aromatic nitrogens is 5. The molecule has 1 N–H and O–H groups in total. The van der Waals surface area contributed by atoms with Crippen LogP contribution in [0.4, 0.5) is 5.13 Å². The molecule has 3 rings (SSSR count). The number of rotatable bonds is 6. The third kappa shape index (κ3) is 3.81. The molecule has 0 spiro atoms. The first-order valence-electron chi connectivity index (χ1n) is 7.36. The highest BCUT2D eigenvalue weighted by molar-refractivity contribution is 7.15. The van der Waals surface area contributed by atoms with Gasteiger partial charge >= 0.3 is 0 Å². The highest BCUT2D eigenvalue weighted by atomic mass is 32.1. The molecule has 0 aliphatic carbocycles. The smallest absolute Gasteiger partial charge is 0.259 e. The van der Waals surface area contributed by atoms with Gasteiger partial charge in [-0.1, -0.05) is 23.5 Å². The molecule has 2 heterocycles. The van der Waals surface area contributed by atoms with Crippen LogP contribution in [0.25, 0.3) is 5.69 Å². The maximum Gasteiger partial charge on any atom is 0.259 e. The van der Waals surface area contributed by atoms with Gasteiger partial charge in [0.05, 0.1) is 11.3 Å². The zero-order valence-electron chi connectivity index (χ0n) is 13.4. The van der Waals surface area contributed by atoms with Gasteiger partial charge in [0, 0.05) is 13.0 Å². The fourth-order valence-corrected chi connectivity index (χ4v) is 2.83. The normalized spacial score (nSPS) is 11.0. The lowest BCUT2D eigenvalue weighted by atomic mass is 10.1. The van der Waals surface area contributed by atoms with E-state index in [0.29, 0.717) is 16.4 Å². The summed E-state index contributed by atoms with van der Waals surface area (Å²) in [7, 11) is 4.01. The Balaban J connectivity index is 1.74. The number of carbonyl (C=O) groups is 1. The summed E-state index contributed by atoms with van der Waals surface area (Å²) in [5.41, 5.74) is 1.22. The monoisotopic (exact) mass is 343 g/mol. The van der Waals surface area contributed by atoms with Crippen molar-refractivity contribution in [2.45, 2.75) is 6.42 Å². The van der Waals surface area contributed by atoms with E-state index in [1.807, 2.05) is 32.3 Å². The van der Waals surface area contributed by atoms with Crippen molar-refractivity contribution in [3.05, 3.63) is 47.5 Å². The molecule has 0 saturated carbocycles. The average Bonchev–Trinajstić information content (AvgIpc) is 3.24. The van der Waals surface area contributed by atoms with Crippen LogP contribution >= 0.6 is 11.3 Å². The Morgan fingerprint density at radius 3 is 2.71 bits per heavy atom. The van der Waals surface area contributed by atoms with Gasteiger partial charge in [-0.15, -0.1) is 20.4 Å². The van der Waals surface area contributed by atoms with Crippen LogP contribution in [0, 0.1) is 0 Å². The lowest BCUT2D eigenvalue weighted by Gasteiger charge is -2.08. The van der Waals surface area contributed by atoms with Crippen molar-refractivity contribution in [1.82, 2.24) is 29.9 Å². The highest BCUT2D eigenvalue weighted by Gasteiger charge is 2.15. The Hall–Kier alpha value is -2.65. The van der Waals surface area contributed by atoms with E-state index in [4.69, 9.17) is 0 Å². The van der Waals surface area contributed by atoms with Crippen molar-refractivity contribution in [3.63, 3.8) is 0 Å². The molecule has 1 aromatic carbocycles. The van der Waals surface area contributed by atoms with E-state index in [-0.39, 0.29) is 5.91 Å². The van der Waals surface area contributed by atoms with Crippen molar-refractivity contribution in [1.29, 1.82) is 0 Å². The van der Waals surface area contributed by atoms with Gasteiger partial charge in [0.2, 0.25) is 5.13 Å². The van der Waals surface area contributed by atoms with Gasteiger partial charge < -0.3 is 4.90 Å². The fraction of sp³-hybridized carbons (Fsp3) is 0.267.